The Morgan fingerprint density at radius 2 is 1.67 bits per heavy atom. The summed E-state index contributed by atoms with van der Waals surface area (Å²) in [4.78, 5) is 1.91. The van der Waals surface area contributed by atoms with Crippen molar-refractivity contribution in [2.75, 3.05) is 37.3 Å². The van der Waals surface area contributed by atoms with Crippen molar-refractivity contribution in [2.24, 2.45) is 0 Å². The first-order valence-corrected chi connectivity index (χ1v) is 11.0. The van der Waals surface area contributed by atoms with Gasteiger partial charge in [0.15, 0.2) is 5.60 Å². The molecule has 1 saturated heterocycles. The zero-order chi connectivity index (χ0) is 20.5. The first kappa shape index (κ1) is 22.1. The Bertz CT molecular complexity index is 783. The molecule has 1 fully saturated rings. The van der Waals surface area contributed by atoms with Gasteiger partial charge in [0.05, 0.1) is 0 Å². The predicted molar refractivity (Wildman–Crippen MR) is 102 cm³/mol. The number of sulfonamides is 1. The minimum Gasteiger partial charge on any atom is -0.376 e. The molecule has 0 spiro atoms. The van der Waals surface area contributed by atoms with Crippen LogP contribution in [0.5, 0.6) is 0 Å². The van der Waals surface area contributed by atoms with Crippen LogP contribution >= 0.6 is 11.8 Å². The van der Waals surface area contributed by atoms with Crippen LogP contribution in [0.15, 0.2) is 34.6 Å². The highest BCUT2D eigenvalue weighted by molar-refractivity contribution is 8.17. The van der Waals surface area contributed by atoms with Crippen molar-refractivity contribution in [1.29, 1.82) is 0 Å². The number of alkyl halides is 3. The fourth-order valence-electron chi connectivity index (χ4n) is 2.85. The standard InChI is InChI=1S/C17H23F3N2O3S2/c1-4-15(26-3)27(24,25)22-11-9-21(10-12-22)14-7-5-13(6-8-14)16(2,23)17(18,19)20/h4-8,23H,9-12H2,1-3H3/b15-4+. The van der Waals surface area contributed by atoms with Crippen LogP contribution in [0.1, 0.15) is 19.4 Å². The van der Waals surface area contributed by atoms with E-state index in [0.717, 1.165) is 6.92 Å². The number of aliphatic hydroxyl groups is 1. The summed E-state index contributed by atoms with van der Waals surface area (Å²) in [5.74, 6) is 0. The van der Waals surface area contributed by atoms with Crippen LogP contribution in [0.3, 0.4) is 0 Å². The summed E-state index contributed by atoms with van der Waals surface area (Å²) in [6.45, 7) is 3.84. The summed E-state index contributed by atoms with van der Waals surface area (Å²) < 4.78 is 65.5. The van der Waals surface area contributed by atoms with Gasteiger partial charge in [-0.3, -0.25) is 0 Å². The summed E-state index contributed by atoms with van der Waals surface area (Å²) in [7, 11) is -3.50. The van der Waals surface area contributed by atoms with E-state index in [4.69, 9.17) is 0 Å². The molecular formula is C17H23F3N2O3S2. The zero-order valence-electron chi connectivity index (χ0n) is 15.3. The number of halogens is 3. The van der Waals surface area contributed by atoms with E-state index in [9.17, 15) is 26.7 Å². The van der Waals surface area contributed by atoms with Crippen molar-refractivity contribution in [3.63, 3.8) is 0 Å². The fraction of sp³-hybridized carbons (Fsp3) is 0.529. The van der Waals surface area contributed by atoms with Gasteiger partial charge in [-0.15, -0.1) is 11.8 Å². The third-order valence-electron chi connectivity index (χ3n) is 4.62. The second-order valence-electron chi connectivity index (χ2n) is 6.32. The largest absolute Gasteiger partial charge is 0.421 e. The summed E-state index contributed by atoms with van der Waals surface area (Å²) in [6, 6.07) is 5.52. The van der Waals surface area contributed by atoms with E-state index in [1.165, 1.54) is 40.3 Å². The monoisotopic (exact) mass is 424 g/mol. The van der Waals surface area contributed by atoms with Crippen molar-refractivity contribution in [2.45, 2.75) is 25.6 Å². The van der Waals surface area contributed by atoms with Crippen LogP contribution in [0.4, 0.5) is 18.9 Å². The summed E-state index contributed by atoms with van der Waals surface area (Å²) in [5, 5.41) is 9.73. The Labute approximate surface area is 161 Å². The molecule has 1 aliphatic rings. The smallest absolute Gasteiger partial charge is 0.376 e. The molecule has 2 rings (SSSR count). The van der Waals surface area contributed by atoms with Gasteiger partial charge in [-0.25, -0.2) is 8.42 Å². The van der Waals surface area contributed by atoms with E-state index in [-0.39, 0.29) is 5.56 Å². The highest BCUT2D eigenvalue weighted by Crippen LogP contribution is 2.39. The van der Waals surface area contributed by atoms with Crippen LogP contribution in [-0.2, 0) is 15.6 Å². The Morgan fingerprint density at radius 3 is 2.07 bits per heavy atom. The number of thioether (sulfide) groups is 1. The van der Waals surface area contributed by atoms with Gasteiger partial charge in [-0.05, 0) is 37.8 Å². The normalized spacial score (nSPS) is 19.8. The van der Waals surface area contributed by atoms with Gasteiger partial charge >= 0.3 is 6.18 Å². The molecule has 5 nitrogen and oxygen atoms in total. The predicted octanol–water partition coefficient (Wildman–Crippen LogP) is 3.13. The number of piperazine rings is 1. The number of hydrogen-bond donors (Lipinski definition) is 1. The number of rotatable bonds is 5. The van der Waals surface area contributed by atoms with Crippen LogP contribution in [0.2, 0.25) is 0 Å². The third kappa shape index (κ3) is 4.44. The maximum atomic E-state index is 12.9. The molecule has 27 heavy (non-hydrogen) atoms. The topological polar surface area (TPSA) is 60.9 Å². The molecule has 0 aliphatic carbocycles. The van der Waals surface area contributed by atoms with E-state index in [0.29, 0.717) is 36.1 Å². The molecule has 0 bridgehead atoms. The van der Waals surface area contributed by atoms with E-state index in [1.54, 1.807) is 19.3 Å². The molecule has 0 radical (unpaired) electrons. The second-order valence-corrected chi connectivity index (χ2v) is 9.33. The molecule has 10 heteroatoms. The maximum absolute atomic E-state index is 12.9. The zero-order valence-corrected chi connectivity index (χ0v) is 17.0. The lowest BCUT2D eigenvalue weighted by molar-refractivity contribution is -0.258. The molecular weight excluding hydrogens is 401 g/mol. The van der Waals surface area contributed by atoms with Crippen LogP contribution in [0.25, 0.3) is 0 Å². The average molecular weight is 425 g/mol. The van der Waals surface area contributed by atoms with Gasteiger partial charge in [0.2, 0.25) is 10.0 Å². The first-order valence-electron chi connectivity index (χ1n) is 8.30. The first-order chi connectivity index (χ1) is 12.4. The lowest BCUT2D eigenvalue weighted by atomic mass is 9.95. The van der Waals surface area contributed by atoms with Gasteiger partial charge in [-0.2, -0.15) is 17.5 Å². The highest BCUT2D eigenvalue weighted by Gasteiger charge is 2.51. The number of allylic oxidation sites excluding steroid dienone is 1. The Morgan fingerprint density at radius 1 is 1.15 bits per heavy atom. The molecule has 1 unspecified atom stereocenters. The van der Waals surface area contributed by atoms with E-state index < -0.39 is 21.8 Å². The number of anilines is 1. The van der Waals surface area contributed by atoms with Crippen LogP contribution < -0.4 is 4.90 Å². The second kappa shape index (κ2) is 8.02. The molecule has 1 atom stereocenters. The quantitative estimate of drug-likeness (QED) is 0.787. The van der Waals surface area contributed by atoms with E-state index in [1.807, 2.05) is 4.90 Å². The maximum Gasteiger partial charge on any atom is 0.421 e. The SMILES string of the molecule is C/C=C(\SC)S(=O)(=O)N1CCN(c2ccc(C(C)(O)C(F)(F)F)cc2)CC1. The average Bonchev–Trinajstić information content (AvgIpc) is 2.62. The van der Waals surface area contributed by atoms with E-state index >= 15 is 0 Å². The van der Waals surface area contributed by atoms with Gasteiger partial charge < -0.3 is 10.0 Å². The molecule has 0 amide bonds. The molecule has 1 aromatic carbocycles. The van der Waals surface area contributed by atoms with Gasteiger partial charge in [0.25, 0.3) is 0 Å². The minimum atomic E-state index is -4.77. The lowest BCUT2D eigenvalue weighted by Gasteiger charge is -2.36. The van der Waals surface area contributed by atoms with Crippen molar-refractivity contribution in [1.82, 2.24) is 4.31 Å². The molecule has 152 valence electrons. The number of hydrogen-bond acceptors (Lipinski definition) is 5. The summed E-state index contributed by atoms with van der Waals surface area (Å²) in [6.07, 6.45) is -1.49. The molecule has 1 aliphatic heterocycles. The molecule has 0 saturated carbocycles. The van der Waals surface area contributed by atoms with E-state index in [2.05, 4.69) is 0 Å². The fourth-order valence-corrected chi connectivity index (χ4v) is 5.44. The van der Waals surface area contributed by atoms with Crippen LogP contribution in [-0.4, -0.2) is 56.4 Å². The van der Waals surface area contributed by atoms with Crippen molar-refractivity contribution >= 4 is 27.5 Å². The Kier molecular flexibility index (Phi) is 6.55. The molecule has 1 aromatic rings. The van der Waals surface area contributed by atoms with Gasteiger partial charge in [-0.1, -0.05) is 18.2 Å². The van der Waals surface area contributed by atoms with Crippen molar-refractivity contribution in [3.05, 3.63) is 40.1 Å². The molecule has 1 N–H and O–H groups in total. The third-order valence-corrected chi connectivity index (χ3v) is 8.18. The Balaban J connectivity index is 2.09. The minimum absolute atomic E-state index is 0.238. The highest BCUT2D eigenvalue weighted by atomic mass is 32.3. The number of benzene rings is 1. The van der Waals surface area contributed by atoms with Crippen molar-refractivity contribution < 1.29 is 26.7 Å². The van der Waals surface area contributed by atoms with Gasteiger partial charge in [0.1, 0.15) is 4.24 Å². The van der Waals surface area contributed by atoms with Gasteiger partial charge in [0, 0.05) is 31.9 Å². The Hall–Kier alpha value is -1.23. The summed E-state index contributed by atoms with van der Waals surface area (Å²) in [5.41, 5.74) is -2.47. The summed E-state index contributed by atoms with van der Waals surface area (Å²) >= 11 is 1.18. The molecule has 0 aromatic heterocycles. The lowest BCUT2D eigenvalue weighted by Crippen LogP contribution is -2.48. The number of nitrogens with zero attached hydrogens (tertiary/aromatic N) is 2. The van der Waals surface area contributed by atoms with Crippen LogP contribution in [0, 0.1) is 0 Å². The van der Waals surface area contributed by atoms with Crippen molar-refractivity contribution in [3.8, 4) is 0 Å². The molecule has 1 heterocycles.